The second-order valence-electron chi connectivity index (χ2n) is 8.40. The minimum atomic E-state index is -1.60. The molecule has 2 amide bonds. The van der Waals surface area contributed by atoms with Gasteiger partial charge in [-0.05, 0) is 60.4 Å². The van der Waals surface area contributed by atoms with Crippen molar-refractivity contribution >= 4 is 52.4 Å². The van der Waals surface area contributed by atoms with Gasteiger partial charge in [-0.2, -0.15) is 0 Å². The molecule has 0 bridgehead atoms. The molecule has 6 nitrogen and oxygen atoms in total. The van der Waals surface area contributed by atoms with Crippen molar-refractivity contribution in [1.82, 2.24) is 14.6 Å². The standard InChI is InChI=1S/C26H28FN3O3S2/c1-16(2)18-7-10-23-21(13-18)24(17(3)6-5-11-28-15-31)25(26(32)29-35(4)33)30(23)14-19-12-20(34)8-9-22(19)27/h5-13,15-16,34H,14H2,1-4H3,(H,28,31)(H,29,32)/b11-5-,17-6+. The number of rotatable bonds is 9. The first-order valence-electron chi connectivity index (χ1n) is 11.0. The second-order valence-corrected chi connectivity index (χ2v) is 10.0. The normalized spacial score (nSPS) is 12.9. The maximum atomic E-state index is 14.7. The number of thiol groups is 1. The van der Waals surface area contributed by atoms with Gasteiger partial charge in [0.15, 0.2) is 0 Å². The third-order valence-electron chi connectivity index (χ3n) is 5.56. The zero-order valence-corrected chi connectivity index (χ0v) is 21.7. The third kappa shape index (κ3) is 6.10. The molecule has 0 saturated heterocycles. The van der Waals surface area contributed by atoms with E-state index in [1.807, 2.05) is 25.1 Å². The highest BCUT2D eigenvalue weighted by atomic mass is 32.2. The van der Waals surface area contributed by atoms with Crippen LogP contribution in [0.15, 0.2) is 59.6 Å². The summed E-state index contributed by atoms with van der Waals surface area (Å²) in [4.78, 5) is 24.5. The molecule has 3 aromatic rings. The summed E-state index contributed by atoms with van der Waals surface area (Å²) in [5.74, 6) is -0.700. The molecule has 35 heavy (non-hydrogen) atoms. The summed E-state index contributed by atoms with van der Waals surface area (Å²) in [6.07, 6.45) is 6.83. The van der Waals surface area contributed by atoms with Gasteiger partial charge in [-0.3, -0.25) is 14.3 Å². The Bertz CT molecular complexity index is 1360. The molecule has 2 N–H and O–H groups in total. The number of benzene rings is 2. The first-order chi connectivity index (χ1) is 16.6. The van der Waals surface area contributed by atoms with E-state index in [1.54, 1.807) is 28.9 Å². The number of hydrogen-bond acceptors (Lipinski definition) is 4. The Morgan fingerprint density at radius 1 is 1.23 bits per heavy atom. The van der Waals surface area contributed by atoms with E-state index < -0.39 is 22.7 Å². The van der Waals surface area contributed by atoms with Gasteiger partial charge in [0.05, 0.1) is 6.54 Å². The lowest BCUT2D eigenvalue weighted by Gasteiger charge is -2.13. The largest absolute Gasteiger partial charge is 0.335 e. The molecule has 0 aliphatic rings. The number of fused-ring (bicyclic) bond motifs is 1. The van der Waals surface area contributed by atoms with E-state index in [9.17, 15) is 18.2 Å². The molecule has 1 aromatic heterocycles. The van der Waals surface area contributed by atoms with E-state index in [-0.39, 0.29) is 18.2 Å². The first kappa shape index (κ1) is 26.4. The van der Waals surface area contributed by atoms with Crippen LogP contribution in [0.3, 0.4) is 0 Å². The van der Waals surface area contributed by atoms with Gasteiger partial charge >= 0.3 is 0 Å². The maximum absolute atomic E-state index is 14.7. The summed E-state index contributed by atoms with van der Waals surface area (Å²) in [7, 11) is -1.60. The van der Waals surface area contributed by atoms with E-state index >= 15 is 0 Å². The van der Waals surface area contributed by atoms with Gasteiger partial charge in [0.1, 0.15) is 22.5 Å². The minimum Gasteiger partial charge on any atom is -0.335 e. The van der Waals surface area contributed by atoms with Gasteiger partial charge in [0, 0.05) is 39.4 Å². The molecule has 0 aliphatic heterocycles. The molecule has 0 aliphatic carbocycles. The van der Waals surface area contributed by atoms with Crippen molar-refractivity contribution in [2.24, 2.45) is 0 Å². The molecule has 1 heterocycles. The van der Waals surface area contributed by atoms with E-state index in [1.165, 1.54) is 18.5 Å². The molecule has 184 valence electrons. The molecule has 0 fully saturated rings. The number of nitrogens with zero attached hydrogens (tertiary/aromatic N) is 1. The number of amides is 2. The van der Waals surface area contributed by atoms with Crippen molar-refractivity contribution in [2.75, 3.05) is 6.26 Å². The number of allylic oxidation sites excluding steroid dienone is 3. The van der Waals surface area contributed by atoms with Gasteiger partial charge in [-0.1, -0.05) is 26.0 Å². The van der Waals surface area contributed by atoms with Crippen LogP contribution >= 0.6 is 12.6 Å². The molecule has 2 aromatic carbocycles. The van der Waals surface area contributed by atoms with Crippen LogP contribution < -0.4 is 10.0 Å². The number of aromatic nitrogens is 1. The molecule has 9 heteroatoms. The van der Waals surface area contributed by atoms with E-state index in [0.29, 0.717) is 22.4 Å². The van der Waals surface area contributed by atoms with Crippen molar-refractivity contribution in [3.63, 3.8) is 0 Å². The molecule has 0 spiro atoms. The number of hydrogen-bond donors (Lipinski definition) is 3. The fraction of sp³-hybridized carbons (Fsp3) is 0.231. The molecule has 0 saturated carbocycles. The summed E-state index contributed by atoms with van der Waals surface area (Å²) in [6, 6.07) is 10.5. The number of carbonyl (C=O) groups excluding carboxylic acids is 2. The number of nitrogens with one attached hydrogen (secondary N) is 2. The smallest absolute Gasteiger partial charge is 0.280 e. The highest BCUT2D eigenvalue weighted by Gasteiger charge is 2.25. The van der Waals surface area contributed by atoms with Crippen molar-refractivity contribution < 1.29 is 18.2 Å². The van der Waals surface area contributed by atoms with Crippen LogP contribution in [0.2, 0.25) is 0 Å². The molecule has 1 unspecified atom stereocenters. The SMILES string of the molecule is C/C(=C\C=C/NC=O)c1c(C(=O)NS(C)=O)n(Cc2cc(S)ccc2F)c2ccc(C(C)C)cc12. The van der Waals surface area contributed by atoms with Crippen molar-refractivity contribution in [3.05, 3.63) is 83.0 Å². The topological polar surface area (TPSA) is 80.2 Å². The fourth-order valence-electron chi connectivity index (χ4n) is 3.93. The molecule has 0 radical (unpaired) electrons. The highest BCUT2D eigenvalue weighted by Crippen LogP contribution is 2.35. The highest BCUT2D eigenvalue weighted by molar-refractivity contribution is 7.82. The summed E-state index contributed by atoms with van der Waals surface area (Å²) in [5, 5.41) is 3.27. The summed E-state index contributed by atoms with van der Waals surface area (Å²) in [6.45, 7) is 6.08. The van der Waals surface area contributed by atoms with Crippen LogP contribution in [-0.2, 0) is 22.3 Å². The molecular formula is C26H28FN3O3S2. The zero-order valence-electron chi connectivity index (χ0n) is 20.0. The predicted molar refractivity (Wildman–Crippen MR) is 142 cm³/mol. The zero-order chi connectivity index (χ0) is 25.7. The maximum Gasteiger partial charge on any atom is 0.280 e. The quantitative estimate of drug-likeness (QED) is 0.216. The minimum absolute atomic E-state index is 0.0761. The number of halogens is 1. The Kier molecular flexibility index (Phi) is 8.69. The average Bonchev–Trinajstić information content (AvgIpc) is 3.12. The third-order valence-corrected chi connectivity index (χ3v) is 6.32. The van der Waals surface area contributed by atoms with Crippen LogP contribution in [-0.4, -0.2) is 27.3 Å². The summed E-state index contributed by atoms with van der Waals surface area (Å²) in [5.41, 5.74) is 3.85. The summed E-state index contributed by atoms with van der Waals surface area (Å²) >= 11 is 4.34. The van der Waals surface area contributed by atoms with Crippen LogP contribution in [0, 0.1) is 5.82 Å². The van der Waals surface area contributed by atoms with Crippen LogP contribution in [0.4, 0.5) is 4.39 Å². The second kappa shape index (κ2) is 11.5. The molecule has 1 atom stereocenters. The lowest BCUT2D eigenvalue weighted by atomic mass is 9.97. The van der Waals surface area contributed by atoms with E-state index in [0.717, 1.165) is 22.0 Å². The van der Waals surface area contributed by atoms with Gasteiger partial charge < -0.3 is 9.88 Å². The van der Waals surface area contributed by atoms with Crippen LogP contribution in [0.25, 0.3) is 16.5 Å². The van der Waals surface area contributed by atoms with Crippen molar-refractivity contribution in [1.29, 1.82) is 0 Å². The number of carbonyl (C=O) groups is 2. The van der Waals surface area contributed by atoms with Crippen LogP contribution in [0.5, 0.6) is 0 Å². The Labute approximate surface area is 212 Å². The molecule has 3 rings (SSSR count). The average molecular weight is 514 g/mol. The lowest BCUT2D eigenvalue weighted by molar-refractivity contribution is -0.108. The van der Waals surface area contributed by atoms with Crippen LogP contribution in [0.1, 0.15) is 53.9 Å². The van der Waals surface area contributed by atoms with Crippen molar-refractivity contribution in [2.45, 2.75) is 38.1 Å². The Morgan fingerprint density at radius 2 is 1.97 bits per heavy atom. The van der Waals surface area contributed by atoms with E-state index in [2.05, 4.69) is 36.5 Å². The van der Waals surface area contributed by atoms with Gasteiger partial charge in [-0.15, -0.1) is 12.6 Å². The van der Waals surface area contributed by atoms with Gasteiger partial charge in [0.25, 0.3) is 5.91 Å². The predicted octanol–water partition coefficient (Wildman–Crippen LogP) is 4.93. The monoisotopic (exact) mass is 513 g/mol. The van der Waals surface area contributed by atoms with Crippen molar-refractivity contribution in [3.8, 4) is 0 Å². The van der Waals surface area contributed by atoms with Gasteiger partial charge in [0.2, 0.25) is 6.41 Å². The lowest BCUT2D eigenvalue weighted by Crippen LogP contribution is -2.28. The summed E-state index contributed by atoms with van der Waals surface area (Å²) < 4.78 is 30.9. The van der Waals surface area contributed by atoms with Gasteiger partial charge in [-0.25, -0.2) is 8.60 Å². The first-order valence-corrected chi connectivity index (χ1v) is 13.0. The Balaban J connectivity index is 2.36. The fourth-order valence-corrected chi connectivity index (χ4v) is 4.52. The molecular weight excluding hydrogens is 485 g/mol. The Morgan fingerprint density at radius 3 is 2.63 bits per heavy atom. The Hall–Kier alpha value is -3.17. The van der Waals surface area contributed by atoms with E-state index in [4.69, 9.17) is 0 Å².